The minimum absolute atomic E-state index is 0.0588. The smallest absolute Gasteiger partial charge is 0.317 e. The lowest BCUT2D eigenvalue weighted by molar-refractivity contribution is -0.140. The molecule has 2 bridgehead atoms. The van der Waals surface area contributed by atoms with Crippen LogP contribution >= 0.6 is 23.5 Å². The number of rotatable bonds is 35. The number of amides is 9. The Bertz CT molecular complexity index is 2720. The first kappa shape index (κ1) is 86.5. The summed E-state index contributed by atoms with van der Waals surface area (Å²) in [5.74, 6) is -5.89. The van der Waals surface area contributed by atoms with Crippen LogP contribution in [0.15, 0.2) is 24.3 Å². The van der Waals surface area contributed by atoms with Gasteiger partial charge >= 0.3 is 17.9 Å². The molecule has 99 heavy (non-hydrogen) atoms. The third-order valence-corrected chi connectivity index (χ3v) is 18.4. The molecule has 1 fully saturated rings. The molecule has 2 aliphatic rings. The number of carboxylic acid groups (broad SMARTS) is 3. The highest BCUT2D eigenvalue weighted by Gasteiger charge is 2.40. The van der Waals surface area contributed by atoms with Crippen LogP contribution in [0.3, 0.4) is 0 Å². The van der Waals surface area contributed by atoms with Gasteiger partial charge in [0.25, 0.3) is 0 Å². The van der Waals surface area contributed by atoms with Crippen LogP contribution in [0, 0.1) is 11.3 Å². The van der Waals surface area contributed by atoms with Crippen molar-refractivity contribution in [3.63, 3.8) is 0 Å². The second kappa shape index (κ2) is 47.4. The molecule has 1 unspecified atom stereocenters. The topological polar surface area (TPSA) is 428 Å². The summed E-state index contributed by atoms with van der Waals surface area (Å²) in [5.41, 5.74) is 5.53. The summed E-state index contributed by atoms with van der Waals surface area (Å²) in [6, 6.07) is 3.96. The van der Waals surface area contributed by atoms with Gasteiger partial charge in [-0.3, -0.25) is 77.1 Å². The van der Waals surface area contributed by atoms with Crippen molar-refractivity contribution in [3.8, 4) is 0 Å². The Balaban J connectivity index is 1.34. The van der Waals surface area contributed by atoms with Crippen molar-refractivity contribution in [3.05, 3.63) is 35.4 Å². The van der Waals surface area contributed by atoms with Gasteiger partial charge < -0.3 is 77.8 Å². The zero-order valence-corrected chi connectivity index (χ0v) is 60.5. The SMILES string of the molecule is CC[C@H](C)[C@@H]1NC(=O)[C@H](C(C)(C)C)NC(=O)C(C)(C)NC(=O)CCSCc2cccc(c2)CSCC(C(=O)NCCCOCCOCCOCCCNC(=O)CCC(=O)N[C@@H](CCCCNC(=O)CN2CCN(CC(=O)O)CCN(CC(=O)O)CCN(CC(=O)O)CC2)C(N)=O)NC1=O. The zero-order valence-electron chi connectivity index (χ0n) is 58.9. The number of hydrogen-bond acceptors (Lipinski definition) is 21. The number of carbonyl (C=O) groups excluding carboxylic acids is 9. The van der Waals surface area contributed by atoms with E-state index < -0.39 is 88.5 Å². The van der Waals surface area contributed by atoms with Crippen LogP contribution in [-0.4, -0.2) is 285 Å². The molecule has 13 N–H and O–H groups in total. The van der Waals surface area contributed by atoms with E-state index in [1.54, 1.807) is 66.0 Å². The van der Waals surface area contributed by atoms with Gasteiger partial charge in [-0.25, -0.2) is 0 Å². The van der Waals surface area contributed by atoms with Crippen molar-refractivity contribution in [1.29, 1.82) is 0 Å². The van der Waals surface area contributed by atoms with Crippen molar-refractivity contribution in [1.82, 2.24) is 62.1 Å². The maximum absolute atomic E-state index is 14.2. The minimum atomic E-state index is -1.35. The lowest BCUT2D eigenvalue weighted by atomic mass is 9.84. The summed E-state index contributed by atoms with van der Waals surface area (Å²) in [7, 11) is 0. The van der Waals surface area contributed by atoms with Crippen LogP contribution in [0.25, 0.3) is 0 Å². The van der Waals surface area contributed by atoms with Gasteiger partial charge in [0.05, 0.1) is 52.6 Å². The highest BCUT2D eigenvalue weighted by atomic mass is 32.2. The number of nitrogens with one attached hydrogen (secondary N) is 8. The Kier molecular flexibility index (Phi) is 41.4. The molecule has 9 amide bonds. The summed E-state index contributed by atoms with van der Waals surface area (Å²) in [5, 5.41) is 50.9. The van der Waals surface area contributed by atoms with Crippen molar-refractivity contribution < 1.29 is 87.1 Å². The maximum Gasteiger partial charge on any atom is 0.317 e. The van der Waals surface area contributed by atoms with Gasteiger partial charge in [0.1, 0.15) is 29.7 Å². The molecule has 5 atom stereocenters. The monoisotopic (exact) mass is 1440 g/mol. The average Bonchev–Trinajstić information content (AvgIpc) is 0.822. The van der Waals surface area contributed by atoms with E-state index in [9.17, 15) is 72.9 Å². The normalized spacial score (nSPS) is 19.6. The number of benzene rings is 1. The molecule has 0 spiro atoms. The number of nitrogens with two attached hydrogens (primary N) is 1. The molecule has 0 saturated carbocycles. The number of fused-ring (bicyclic) bond motifs is 2. The van der Waals surface area contributed by atoms with E-state index in [2.05, 4.69) is 48.6 Å². The molecule has 31 nitrogen and oxygen atoms in total. The predicted octanol–water partition coefficient (Wildman–Crippen LogP) is -0.427. The van der Waals surface area contributed by atoms with Crippen molar-refractivity contribution in [2.45, 2.75) is 147 Å². The Morgan fingerprint density at radius 3 is 1.64 bits per heavy atom. The molecule has 33 heteroatoms. The van der Waals surface area contributed by atoms with Gasteiger partial charge in [-0.05, 0) is 68.4 Å². The number of unbranched alkanes of at least 4 members (excludes halogenated alkanes) is 1. The van der Waals surface area contributed by atoms with Crippen LogP contribution < -0.4 is 48.3 Å². The summed E-state index contributed by atoms with van der Waals surface area (Å²) < 4.78 is 17.0. The Labute approximate surface area is 590 Å². The van der Waals surface area contributed by atoms with E-state index in [0.29, 0.717) is 95.5 Å². The quantitative estimate of drug-likeness (QED) is 0.0384. The van der Waals surface area contributed by atoms with Gasteiger partial charge in [0, 0.05) is 127 Å². The Morgan fingerprint density at radius 2 is 1.12 bits per heavy atom. The predicted molar refractivity (Wildman–Crippen MR) is 374 cm³/mol. The maximum atomic E-state index is 14.2. The lowest BCUT2D eigenvalue weighted by Crippen LogP contribution is -2.64. The Hall–Kier alpha value is -6.72. The molecule has 2 aliphatic heterocycles. The number of thioether (sulfide) groups is 2. The summed E-state index contributed by atoms with van der Waals surface area (Å²) in [6.45, 7) is 16.0. The van der Waals surface area contributed by atoms with E-state index in [0.717, 1.165) is 11.1 Å². The van der Waals surface area contributed by atoms with Gasteiger partial charge in [0.2, 0.25) is 53.2 Å². The third kappa shape index (κ3) is 38.1. The van der Waals surface area contributed by atoms with Crippen molar-refractivity contribution >= 4 is 94.6 Å². The summed E-state index contributed by atoms with van der Waals surface area (Å²) >= 11 is 3.08. The molecule has 0 aliphatic carbocycles. The van der Waals surface area contributed by atoms with Crippen LogP contribution in [0.4, 0.5) is 0 Å². The molecule has 1 aromatic rings. The van der Waals surface area contributed by atoms with E-state index in [-0.39, 0.29) is 147 Å². The molecule has 1 aromatic carbocycles. The Morgan fingerprint density at radius 1 is 0.636 bits per heavy atom. The van der Waals surface area contributed by atoms with E-state index in [1.165, 1.54) is 11.8 Å². The molecule has 0 aromatic heterocycles. The first-order valence-electron chi connectivity index (χ1n) is 34.1. The van der Waals surface area contributed by atoms with Gasteiger partial charge in [0.15, 0.2) is 0 Å². The van der Waals surface area contributed by atoms with Crippen LogP contribution in [0.1, 0.15) is 117 Å². The molecule has 3 rings (SSSR count). The fourth-order valence-electron chi connectivity index (χ4n) is 10.4. The molecule has 2 heterocycles. The number of carboxylic acids is 3. The summed E-state index contributed by atoms with van der Waals surface area (Å²) in [4.78, 5) is 161. The first-order valence-corrected chi connectivity index (χ1v) is 36.4. The zero-order chi connectivity index (χ0) is 73.3. The van der Waals surface area contributed by atoms with Gasteiger partial charge in [-0.2, -0.15) is 23.5 Å². The minimum Gasteiger partial charge on any atom is -0.480 e. The second-order valence-corrected chi connectivity index (χ2v) is 28.5. The first-order chi connectivity index (χ1) is 46.9. The molecule has 1 saturated heterocycles. The number of nitrogens with zero attached hydrogens (tertiary/aromatic N) is 4. The molecular weight excluding hydrogens is 1330 g/mol. The van der Waals surface area contributed by atoms with Crippen molar-refractivity contribution in [2.24, 2.45) is 17.1 Å². The van der Waals surface area contributed by atoms with Gasteiger partial charge in [-0.1, -0.05) is 65.3 Å². The average molecular weight is 1440 g/mol. The lowest BCUT2D eigenvalue weighted by Gasteiger charge is -2.35. The standard InChI is InChI=1S/C66H111N13O18S2/c1-8-46(2)58-62(92)72-50(45-99-44-48-15-11-14-47(38-48)43-98-37-19-53(82)75-66(6,7)64(94)74-59(63(93)73-58)65(3,4)5)61(91)70-22-13-32-96-34-36-97-35-33-95-31-12-21-68-51(80)17-18-52(81)71-49(60(67)90)16-9-10-20-69-54(83)39-76-23-25-77(40-55(84)85)27-29-79(42-57(88)89)30-28-78(26-24-76)41-56(86)87/h11,14-15,38,46,49-50,58-59H,8-10,12-13,16-37,39-45H2,1-7H3,(H2,67,90)(H,68,80)(H,69,83)(H,70,91)(H,71,81)(H,72,92)(H,73,93)(H,74,94)(H,75,82)(H,84,85)(H,86,87)(H,88,89)/t46-,49-,50?,58-,59+/m0/s1. The molecule has 0 radical (unpaired) electrons. The second-order valence-electron chi connectivity index (χ2n) is 26.4. The van der Waals surface area contributed by atoms with E-state index in [4.69, 9.17) is 19.9 Å². The molecular formula is C66H111N13O18S2. The summed E-state index contributed by atoms with van der Waals surface area (Å²) in [6.07, 6.45) is 2.41. The third-order valence-electron chi connectivity index (χ3n) is 16.3. The van der Waals surface area contributed by atoms with E-state index in [1.807, 2.05) is 32.0 Å². The molecule has 560 valence electrons. The highest BCUT2D eigenvalue weighted by Crippen LogP contribution is 2.23. The number of hydrogen-bond donors (Lipinski definition) is 12. The fraction of sp³-hybridized carbons (Fsp3) is 0.727. The van der Waals surface area contributed by atoms with Crippen LogP contribution in [-0.2, 0) is 83.3 Å². The highest BCUT2D eigenvalue weighted by molar-refractivity contribution is 7.98. The van der Waals surface area contributed by atoms with Crippen molar-refractivity contribution in [2.75, 3.05) is 149 Å². The number of aliphatic carboxylic acids is 3. The number of ether oxygens (including phenoxy) is 3. The largest absolute Gasteiger partial charge is 0.480 e. The number of primary amides is 1. The van der Waals surface area contributed by atoms with Crippen LogP contribution in [0.5, 0.6) is 0 Å². The van der Waals surface area contributed by atoms with Gasteiger partial charge in [-0.15, -0.1) is 0 Å². The van der Waals surface area contributed by atoms with E-state index >= 15 is 0 Å². The van der Waals surface area contributed by atoms with Crippen LogP contribution in [0.2, 0.25) is 0 Å². The fourth-order valence-corrected chi connectivity index (χ4v) is 12.3. The number of carbonyl (C=O) groups is 12.